The van der Waals surface area contributed by atoms with E-state index < -0.39 is 0 Å². The first kappa shape index (κ1) is 13.8. The SMILES string of the molecule is CCC[C@H](N)c1ccc(N(CC)CC)cc1O. The molecule has 3 N–H and O–H groups in total. The second-order valence-electron chi connectivity index (χ2n) is 4.31. The summed E-state index contributed by atoms with van der Waals surface area (Å²) in [6.07, 6.45) is 1.93. The van der Waals surface area contributed by atoms with Crippen LogP contribution in [0.5, 0.6) is 5.75 Å². The van der Waals surface area contributed by atoms with Crippen molar-refractivity contribution in [1.82, 2.24) is 0 Å². The first-order valence-electron chi connectivity index (χ1n) is 6.47. The van der Waals surface area contributed by atoms with Crippen LogP contribution in [0.2, 0.25) is 0 Å². The van der Waals surface area contributed by atoms with E-state index in [1.54, 1.807) is 0 Å². The van der Waals surface area contributed by atoms with Gasteiger partial charge < -0.3 is 15.7 Å². The van der Waals surface area contributed by atoms with Crippen molar-refractivity contribution in [1.29, 1.82) is 0 Å². The van der Waals surface area contributed by atoms with Crippen LogP contribution in [0.25, 0.3) is 0 Å². The summed E-state index contributed by atoms with van der Waals surface area (Å²) in [6.45, 7) is 8.20. The molecule has 0 aliphatic rings. The molecule has 1 atom stereocenters. The second kappa shape index (κ2) is 6.50. The fourth-order valence-electron chi connectivity index (χ4n) is 2.10. The molecule has 0 saturated heterocycles. The van der Waals surface area contributed by atoms with Crippen molar-refractivity contribution < 1.29 is 5.11 Å². The van der Waals surface area contributed by atoms with Gasteiger partial charge in [0.25, 0.3) is 0 Å². The van der Waals surface area contributed by atoms with Crippen LogP contribution < -0.4 is 10.6 Å². The first-order chi connectivity index (χ1) is 8.13. The third kappa shape index (κ3) is 3.37. The number of anilines is 1. The van der Waals surface area contributed by atoms with E-state index >= 15 is 0 Å². The Morgan fingerprint density at radius 1 is 1.24 bits per heavy atom. The molecular formula is C14H24N2O. The summed E-state index contributed by atoms with van der Waals surface area (Å²) in [4.78, 5) is 2.20. The largest absolute Gasteiger partial charge is 0.508 e. The van der Waals surface area contributed by atoms with Crippen LogP contribution in [0.1, 0.15) is 45.2 Å². The summed E-state index contributed by atoms with van der Waals surface area (Å²) in [5.74, 6) is 0.315. The molecule has 0 spiro atoms. The quantitative estimate of drug-likeness (QED) is 0.798. The lowest BCUT2D eigenvalue weighted by atomic mass is 10.0. The Balaban J connectivity index is 2.92. The lowest BCUT2D eigenvalue weighted by molar-refractivity contribution is 0.458. The number of rotatable bonds is 6. The minimum Gasteiger partial charge on any atom is -0.508 e. The highest BCUT2D eigenvalue weighted by Gasteiger charge is 2.12. The van der Waals surface area contributed by atoms with E-state index in [4.69, 9.17) is 5.73 Å². The Bertz CT molecular complexity index is 348. The van der Waals surface area contributed by atoms with Gasteiger partial charge in [0, 0.05) is 36.4 Å². The maximum atomic E-state index is 10.0. The molecule has 0 radical (unpaired) electrons. The highest BCUT2D eigenvalue weighted by Crippen LogP contribution is 2.29. The van der Waals surface area contributed by atoms with Crippen LogP contribution in [0.3, 0.4) is 0 Å². The van der Waals surface area contributed by atoms with Crippen LogP contribution in [0, 0.1) is 0 Å². The molecule has 0 unspecified atom stereocenters. The van der Waals surface area contributed by atoms with Crippen molar-refractivity contribution in [3.63, 3.8) is 0 Å². The van der Waals surface area contributed by atoms with E-state index in [2.05, 4.69) is 25.7 Å². The van der Waals surface area contributed by atoms with Gasteiger partial charge in [-0.15, -0.1) is 0 Å². The molecular weight excluding hydrogens is 212 g/mol. The van der Waals surface area contributed by atoms with Gasteiger partial charge in [0.05, 0.1) is 0 Å². The molecule has 3 nitrogen and oxygen atoms in total. The highest BCUT2D eigenvalue weighted by atomic mass is 16.3. The standard InChI is InChI=1S/C14H24N2O/c1-4-7-13(15)12-9-8-11(10-14(12)17)16(5-2)6-3/h8-10,13,17H,4-7,15H2,1-3H3/t13-/m0/s1. The fourth-order valence-corrected chi connectivity index (χ4v) is 2.10. The van der Waals surface area contributed by atoms with E-state index in [-0.39, 0.29) is 6.04 Å². The van der Waals surface area contributed by atoms with Crippen molar-refractivity contribution in [3.8, 4) is 5.75 Å². The van der Waals surface area contributed by atoms with Gasteiger partial charge in [-0.25, -0.2) is 0 Å². The molecule has 0 aliphatic heterocycles. The molecule has 0 aliphatic carbocycles. The molecule has 1 rings (SSSR count). The Morgan fingerprint density at radius 2 is 1.88 bits per heavy atom. The number of aromatic hydroxyl groups is 1. The third-order valence-electron chi connectivity index (χ3n) is 3.14. The lowest BCUT2D eigenvalue weighted by Gasteiger charge is -2.22. The number of nitrogens with two attached hydrogens (primary N) is 1. The number of phenolic OH excluding ortho intramolecular Hbond substituents is 1. The third-order valence-corrected chi connectivity index (χ3v) is 3.14. The number of benzene rings is 1. The summed E-state index contributed by atoms with van der Waals surface area (Å²) < 4.78 is 0. The van der Waals surface area contributed by atoms with Gasteiger partial charge in [0.1, 0.15) is 5.75 Å². The predicted molar refractivity (Wildman–Crippen MR) is 73.5 cm³/mol. The van der Waals surface area contributed by atoms with Gasteiger partial charge in [-0.1, -0.05) is 19.4 Å². The van der Waals surface area contributed by atoms with Gasteiger partial charge in [-0.2, -0.15) is 0 Å². The van der Waals surface area contributed by atoms with Crippen molar-refractivity contribution in [3.05, 3.63) is 23.8 Å². The van der Waals surface area contributed by atoms with E-state index in [1.807, 2.05) is 18.2 Å². The van der Waals surface area contributed by atoms with Gasteiger partial charge in [-0.3, -0.25) is 0 Å². The zero-order valence-corrected chi connectivity index (χ0v) is 11.1. The minimum atomic E-state index is -0.0641. The predicted octanol–water partition coefficient (Wildman–Crippen LogP) is 3.04. The molecule has 0 saturated carbocycles. The van der Waals surface area contributed by atoms with Gasteiger partial charge in [0.15, 0.2) is 0 Å². The highest BCUT2D eigenvalue weighted by molar-refractivity contribution is 5.53. The maximum absolute atomic E-state index is 10.0. The van der Waals surface area contributed by atoms with E-state index in [9.17, 15) is 5.11 Å². The molecule has 0 amide bonds. The number of nitrogens with zero attached hydrogens (tertiary/aromatic N) is 1. The summed E-state index contributed by atoms with van der Waals surface area (Å²) in [5.41, 5.74) is 7.93. The van der Waals surface area contributed by atoms with Gasteiger partial charge >= 0.3 is 0 Å². The summed E-state index contributed by atoms with van der Waals surface area (Å²) in [6, 6.07) is 5.74. The van der Waals surface area contributed by atoms with Crippen LogP contribution in [-0.4, -0.2) is 18.2 Å². The molecule has 0 heterocycles. The zero-order chi connectivity index (χ0) is 12.8. The van der Waals surface area contributed by atoms with Crippen LogP contribution in [0.15, 0.2) is 18.2 Å². The van der Waals surface area contributed by atoms with Crippen molar-refractivity contribution >= 4 is 5.69 Å². The number of hydrogen-bond donors (Lipinski definition) is 2. The molecule has 1 aromatic carbocycles. The molecule has 0 bridgehead atoms. The lowest BCUT2D eigenvalue weighted by Crippen LogP contribution is -2.21. The molecule has 0 aromatic heterocycles. The summed E-state index contributed by atoms with van der Waals surface area (Å²) in [5, 5.41) is 10.0. The van der Waals surface area contributed by atoms with Crippen LogP contribution >= 0.6 is 0 Å². The van der Waals surface area contributed by atoms with Crippen molar-refractivity contribution in [2.45, 2.75) is 39.7 Å². The average Bonchev–Trinajstić information content (AvgIpc) is 2.31. The van der Waals surface area contributed by atoms with Crippen molar-refractivity contribution in [2.75, 3.05) is 18.0 Å². The zero-order valence-electron chi connectivity index (χ0n) is 11.1. The van der Waals surface area contributed by atoms with Crippen molar-refractivity contribution in [2.24, 2.45) is 5.73 Å². The normalized spacial score (nSPS) is 12.5. The van der Waals surface area contributed by atoms with Crippen LogP contribution in [-0.2, 0) is 0 Å². The molecule has 96 valence electrons. The Labute approximate surface area is 104 Å². The van der Waals surface area contributed by atoms with Crippen LogP contribution in [0.4, 0.5) is 5.69 Å². The number of hydrogen-bond acceptors (Lipinski definition) is 3. The smallest absolute Gasteiger partial charge is 0.122 e. The molecule has 1 aromatic rings. The first-order valence-corrected chi connectivity index (χ1v) is 6.47. The summed E-state index contributed by atoms with van der Waals surface area (Å²) in [7, 11) is 0. The topological polar surface area (TPSA) is 49.5 Å². The molecule has 0 fully saturated rings. The number of phenols is 1. The Hall–Kier alpha value is -1.22. The second-order valence-corrected chi connectivity index (χ2v) is 4.31. The Morgan fingerprint density at radius 3 is 2.35 bits per heavy atom. The van der Waals surface area contributed by atoms with Gasteiger partial charge in [-0.05, 0) is 26.3 Å². The van der Waals surface area contributed by atoms with Gasteiger partial charge in [0.2, 0.25) is 0 Å². The van der Waals surface area contributed by atoms with E-state index in [0.717, 1.165) is 37.2 Å². The van der Waals surface area contributed by atoms with E-state index in [0.29, 0.717) is 5.75 Å². The minimum absolute atomic E-state index is 0.0641. The monoisotopic (exact) mass is 236 g/mol. The average molecular weight is 236 g/mol. The fraction of sp³-hybridized carbons (Fsp3) is 0.571. The molecule has 17 heavy (non-hydrogen) atoms. The summed E-state index contributed by atoms with van der Waals surface area (Å²) >= 11 is 0. The van der Waals surface area contributed by atoms with E-state index in [1.165, 1.54) is 0 Å². The maximum Gasteiger partial charge on any atom is 0.122 e. The Kier molecular flexibility index (Phi) is 5.29. The molecule has 3 heteroatoms.